The number of anilines is 3. The van der Waals surface area contributed by atoms with Crippen LogP contribution in [0.3, 0.4) is 0 Å². The summed E-state index contributed by atoms with van der Waals surface area (Å²) >= 11 is 1.70. The maximum atomic E-state index is 12.7. The molecular weight excluding hydrogens is 390 g/mol. The molecule has 1 N–H and O–H groups in total. The van der Waals surface area contributed by atoms with E-state index in [9.17, 15) is 10.1 Å². The van der Waals surface area contributed by atoms with Crippen molar-refractivity contribution in [2.45, 2.75) is 23.6 Å². The van der Waals surface area contributed by atoms with Crippen LogP contribution in [0, 0.1) is 25.2 Å². The zero-order valence-electron chi connectivity index (χ0n) is 17.1. The molecule has 0 atom stereocenters. The number of aryl methyl sites for hydroxylation is 2. The average molecular weight is 412 g/mol. The molecule has 0 fully saturated rings. The van der Waals surface area contributed by atoms with Crippen molar-refractivity contribution in [3.05, 3.63) is 82.9 Å². The van der Waals surface area contributed by atoms with E-state index in [0.717, 1.165) is 33.0 Å². The summed E-state index contributed by atoms with van der Waals surface area (Å²) in [5, 5.41) is 12.4. The minimum absolute atomic E-state index is 0.0745. The number of nitrogens with zero attached hydrogens (tertiary/aromatic N) is 2. The van der Waals surface area contributed by atoms with Crippen LogP contribution in [0.4, 0.5) is 17.1 Å². The van der Waals surface area contributed by atoms with Crippen molar-refractivity contribution in [3.63, 3.8) is 0 Å². The monoisotopic (exact) mass is 411 g/mol. The van der Waals surface area contributed by atoms with E-state index in [1.165, 1.54) is 10.6 Å². The molecule has 1 heterocycles. The Kier molecular flexibility index (Phi) is 5.35. The number of carbonyl (C=O) groups is 1. The molecule has 0 radical (unpaired) electrons. The Bertz CT molecular complexity index is 1220. The van der Waals surface area contributed by atoms with Crippen molar-refractivity contribution < 1.29 is 4.79 Å². The minimum Gasteiger partial charge on any atom is -0.343 e. The largest absolute Gasteiger partial charge is 0.343 e. The number of amides is 1. The summed E-state index contributed by atoms with van der Waals surface area (Å²) in [5.41, 5.74) is 5.90. The lowest BCUT2D eigenvalue weighted by Gasteiger charge is -2.29. The molecule has 4 rings (SSSR count). The molecule has 3 aromatic rings. The van der Waals surface area contributed by atoms with Crippen LogP contribution in [0.25, 0.3) is 6.08 Å². The van der Waals surface area contributed by atoms with Crippen molar-refractivity contribution >= 4 is 40.8 Å². The normalized spacial score (nSPS) is 12.6. The van der Waals surface area contributed by atoms with Gasteiger partial charge in [-0.1, -0.05) is 42.1 Å². The molecular formula is C25H21N3OS. The highest BCUT2D eigenvalue weighted by Crippen LogP contribution is 2.47. The SMILES string of the molecule is Cc1ccc(C)c(NC(=O)/C(C#N)=C/c2ccc3c(c2)Sc2ccccc2N3C)c1. The maximum Gasteiger partial charge on any atom is 0.266 e. The Labute approximate surface area is 180 Å². The fourth-order valence-electron chi connectivity index (χ4n) is 3.42. The fourth-order valence-corrected chi connectivity index (χ4v) is 4.62. The van der Waals surface area contributed by atoms with E-state index in [1.54, 1.807) is 17.8 Å². The van der Waals surface area contributed by atoms with E-state index in [0.29, 0.717) is 0 Å². The lowest BCUT2D eigenvalue weighted by Crippen LogP contribution is -2.15. The number of fused-ring (bicyclic) bond motifs is 2. The van der Waals surface area contributed by atoms with Gasteiger partial charge < -0.3 is 10.2 Å². The molecule has 30 heavy (non-hydrogen) atoms. The summed E-state index contributed by atoms with van der Waals surface area (Å²) in [5.74, 6) is -0.404. The van der Waals surface area contributed by atoms with Gasteiger partial charge in [0.25, 0.3) is 5.91 Å². The van der Waals surface area contributed by atoms with Crippen LogP contribution in [-0.4, -0.2) is 13.0 Å². The third kappa shape index (κ3) is 3.83. The van der Waals surface area contributed by atoms with Gasteiger partial charge in [0, 0.05) is 22.5 Å². The molecule has 5 heteroatoms. The standard InChI is InChI=1S/C25H21N3OS/c1-16-8-9-17(2)20(12-16)27-25(29)19(15-26)13-18-10-11-22-24(14-18)30-23-7-5-4-6-21(23)28(22)3/h4-14H,1-3H3,(H,27,29)/b19-13+. The van der Waals surface area contributed by atoms with Crippen LogP contribution < -0.4 is 10.2 Å². The third-order valence-electron chi connectivity index (χ3n) is 5.11. The number of rotatable bonds is 3. The molecule has 0 unspecified atom stereocenters. The molecule has 4 nitrogen and oxygen atoms in total. The summed E-state index contributed by atoms with van der Waals surface area (Å²) in [6, 6.07) is 22.1. The zero-order valence-corrected chi connectivity index (χ0v) is 17.9. The molecule has 1 aliphatic rings. The summed E-state index contributed by atoms with van der Waals surface area (Å²) in [4.78, 5) is 17.1. The third-order valence-corrected chi connectivity index (χ3v) is 6.22. The van der Waals surface area contributed by atoms with Crippen molar-refractivity contribution in [1.82, 2.24) is 0 Å². The Morgan fingerprint density at radius 2 is 1.80 bits per heavy atom. The van der Waals surface area contributed by atoms with E-state index in [2.05, 4.69) is 22.3 Å². The molecule has 0 saturated carbocycles. The highest BCUT2D eigenvalue weighted by atomic mass is 32.2. The van der Waals surface area contributed by atoms with Crippen LogP contribution in [0.15, 0.2) is 76.0 Å². The van der Waals surface area contributed by atoms with Gasteiger partial charge in [-0.2, -0.15) is 5.26 Å². The fraction of sp³-hybridized carbons (Fsp3) is 0.120. The summed E-state index contributed by atoms with van der Waals surface area (Å²) in [7, 11) is 2.05. The number of carbonyl (C=O) groups excluding carboxylic acids is 1. The predicted octanol–water partition coefficient (Wildman–Crippen LogP) is 6.08. The van der Waals surface area contributed by atoms with Gasteiger partial charge in [-0.25, -0.2) is 0 Å². The predicted molar refractivity (Wildman–Crippen MR) is 123 cm³/mol. The second-order valence-corrected chi connectivity index (χ2v) is 8.38. The van der Waals surface area contributed by atoms with E-state index in [1.807, 2.05) is 75.5 Å². The summed E-state index contributed by atoms with van der Waals surface area (Å²) in [6.45, 7) is 3.90. The number of para-hydroxylation sites is 1. The molecule has 0 aliphatic carbocycles. The molecule has 0 spiro atoms. The van der Waals surface area contributed by atoms with E-state index >= 15 is 0 Å². The Morgan fingerprint density at radius 3 is 2.60 bits per heavy atom. The summed E-state index contributed by atoms with van der Waals surface area (Å²) < 4.78 is 0. The number of benzene rings is 3. The molecule has 3 aromatic carbocycles. The van der Waals surface area contributed by atoms with Gasteiger partial charge in [0.05, 0.1) is 11.4 Å². The minimum atomic E-state index is -0.404. The number of hydrogen-bond acceptors (Lipinski definition) is 4. The highest BCUT2D eigenvalue weighted by molar-refractivity contribution is 7.99. The van der Waals surface area contributed by atoms with Gasteiger partial charge in [0.1, 0.15) is 11.6 Å². The van der Waals surface area contributed by atoms with Crippen molar-refractivity contribution in [1.29, 1.82) is 5.26 Å². The van der Waals surface area contributed by atoms with Gasteiger partial charge in [0.2, 0.25) is 0 Å². The summed E-state index contributed by atoms with van der Waals surface area (Å²) in [6.07, 6.45) is 1.64. The topological polar surface area (TPSA) is 56.1 Å². The second kappa shape index (κ2) is 8.10. The second-order valence-electron chi connectivity index (χ2n) is 7.30. The van der Waals surface area contributed by atoms with E-state index in [-0.39, 0.29) is 5.57 Å². The first-order valence-corrected chi connectivity index (χ1v) is 10.4. The van der Waals surface area contributed by atoms with Crippen molar-refractivity contribution in [2.24, 2.45) is 0 Å². The molecule has 0 aromatic heterocycles. The smallest absolute Gasteiger partial charge is 0.266 e. The Hall–Kier alpha value is -3.49. The highest BCUT2D eigenvalue weighted by Gasteiger charge is 2.20. The molecule has 1 amide bonds. The first kappa shape index (κ1) is 19.8. The maximum absolute atomic E-state index is 12.7. The van der Waals surface area contributed by atoms with Crippen LogP contribution in [0.2, 0.25) is 0 Å². The van der Waals surface area contributed by atoms with Gasteiger partial charge in [-0.3, -0.25) is 4.79 Å². The van der Waals surface area contributed by atoms with Gasteiger partial charge in [-0.05, 0) is 66.9 Å². The number of hydrogen-bond donors (Lipinski definition) is 1. The van der Waals surface area contributed by atoms with Crippen LogP contribution in [0.1, 0.15) is 16.7 Å². The molecule has 0 bridgehead atoms. The molecule has 148 valence electrons. The lowest BCUT2D eigenvalue weighted by molar-refractivity contribution is -0.112. The Morgan fingerprint density at radius 1 is 1.03 bits per heavy atom. The quantitative estimate of drug-likeness (QED) is 0.419. The zero-order chi connectivity index (χ0) is 21.3. The van der Waals surface area contributed by atoms with Crippen LogP contribution in [-0.2, 0) is 4.79 Å². The van der Waals surface area contributed by atoms with Gasteiger partial charge in [0.15, 0.2) is 0 Å². The van der Waals surface area contributed by atoms with Gasteiger partial charge >= 0.3 is 0 Å². The molecule has 0 saturated heterocycles. The van der Waals surface area contributed by atoms with Crippen molar-refractivity contribution in [3.8, 4) is 6.07 Å². The lowest BCUT2D eigenvalue weighted by atomic mass is 10.1. The van der Waals surface area contributed by atoms with E-state index in [4.69, 9.17) is 0 Å². The van der Waals surface area contributed by atoms with Crippen molar-refractivity contribution in [2.75, 3.05) is 17.3 Å². The van der Waals surface area contributed by atoms with Crippen LogP contribution >= 0.6 is 11.8 Å². The number of nitrogens with one attached hydrogen (secondary N) is 1. The first-order valence-electron chi connectivity index (χ1n) is 9.61. The average Bonchev–Trinajstić information content (AvgIpc) is 2.74. The van der Waals surface area contributed by atoms with Crippen LogP contribution in [0.5, 0.6) is 0 Å². The Balaban J connectivity index is 1.62. The van der Waals surface area contributed by atoms with E-state index < -0.39 is 5.91 Å². The molecule has 1 aliphatic heterocycles. The first-order chi connectivity index (χ1) is 14.5. The van der Waals surface area contributed by atoms with Gasteiger partial charge in [-0.15, -0.1) is 0 Å². The number of nitriles is 1.